The van der Waals surface area contributed by atoms with Crippen LogP contribution in [-0.2, 0) is 5.88 Å². The van der Waals surface area contributed by atoms with Crippen molar-refractivity contribution in [3.05, 3.63) is 22.8 Å². The van der Waals surface area contributed by atoms with Gasteiger partial charge >= 0.3 is 0 Å². The average Bonchev–Trinajstić information content (AvgIpc) is 2.14. The van der Waals surface area contributed by atoms with Crippen molar-refractivity contribution in [3.8, 4) is 5.88 Å². The number of aromatic nitrogens is 1. The minimum Gasteiger partial charge on any atom is -0.474 e. The summed E-state index contributed by atoms with van der Waals surface area (Å²) in [5.41, 5.74) is 0.685. The number of nitrogens with zero attached hydrogens (tertiary/aromatic N) is 1. The molecule has 1 heterocycles. The first-order valence-corrected chi connectivity index (χ1v) is 5.59. The highest BCUT2D eigenvalue weighted by molar-refractivity contribution is 6.32. The van der Waals surface area contributed by atoms with E-state index in [0.29, 0.717) is 28.6 Å². The summed E-state index contributed by atoms with van der Waals surface area (Å²) < 4.78 is 5.62. The number of ether oxygens (including phenoxy) is 1. The van der Waals surface area contributed by atoms with Gasteiger partial charge < -0.3 is 4.74 Å². The molecule has 0 amide bonds. The number of hydrogen-bond acceptors (Lipinski definition) is 2. The molecule has 0 bridgehead atoms. The lowest BCUT2D eigenvalue weighted by Gasteiger charge is -2.25. The Bertz CT molecular complexity index is 326. The van der Waals surface area contributed by atoms with Gasteiger partial charge in [-0.1, -0.05) is 11.6 Å². The third-order valence-electron chi connectivity index (χ3n) is 2.36. The lowest BCUT2D eigenvalue weighted by atomic mass is 9.96. The van der Waals surface area contributed by atoms with Crippen molar-refractivity contribution in [2.45, 2.75) is 31.2 Å². The molecule has 1 fully saturated rings. The van der Waals surface area contributed by atoms with Crippen LogP contribution in [0.2, 0.25) is 5.02 Å². The molecule has 76 valence electrons. The van der Waals surface area contributed by atoms with E-state index in [2.05, 4.69) is 4.98 Å². The number of pyridine rings is 1. The van der Waals surface area contributed by atoms with Gasteiger partial charge in [0, 0.05) is 6.07 Å². The number of rotatable bonds is 3. The van der Waals surface area contributed by atoms with E-state index in [1.54, 1.807) is 12.1 Å². The van der Waals surface area contributed by atoms with E-state index in [4.69, 9.17) is 27.9 Å². The molecule has 1 aliphatic rings. The molecule has 0 N–H and O–H groups in total. The summed E-state index contributed by atoms with van der Waals surface area (Å²) in [6.07, 6.45) is 3.84. The Kier molecular flexibility index (Phi) is 3.14. The summed E-state index contributed by atoms with van der Waals surface area (Å²) in [6.45, 7) is 0. The highest BCUT2D eigenvalue weighted by Crippen LogP contribution is 2.26. The average molecular weight is 232 g/mol. The minimum absolute atomic E-state index is 0.320. The van der Waals surface area contributed by atoms with E-state index in [-0.39, 0.29) is 0 Å². The fraction of sp³-hybridized carbons (Fsp3) is 0.500. The van der Waals surface area contributed by atoms with E-state index in [1.807, 2.05) is 0 Å². The molecule has 0 atom stereocenters. The Hall–Kier alpha value is -0.470. The van der Waals surface area contributed by atoms with Crippen LogP contribution in [0.3, 0.4) is 0 Å². The van der Waals surface area contributed by atoms with E-state index < -0.39 is 0 Å². The van der Waals surface area contributed by atoms with Crippen molar-refractivity contribution < 1.29 is 4.74 Å². The monoisotopic (exact) mass is 231 g/mol. The molecule has 0 spiro atoms. The van der Waals surface area contributed by atoms with E-state index >= 15 is 0 Å². The van der Waals surface area contributed by atoms with Gasteiger partial charge in [0.2, 0.25) is 5.88 Å². The lowest BCUT2D eigenvalue weighted by Crippen LogP contribution is -2.25. The van der Waals surface area contributed by atoms with Gasteiger partial charge in [0.05, 0.1) is 16.6 Å². The van der Waals surface area contributed by atoms with Gasteiger partial charge in [-0.05, 0) is 25.3 Å². The van der Waals surface area contributed by atoms with Gasteiger partial charge in [0.1, 0.15) is 6.10 Å². The topological polar surface area (TPSA) is 22.1 Å². The van der Waals surface area contributed by atoms with Gasteiger partial charge in [-0.3, -0.25) is 0 Å². The lowest BCUT2D eigenvalue weighted by molar-refractivity contribution is 0.114. The van der Waals surface area contributed by atoms with Crippen LogP contribution in [0.1, 0.15) is 25.0 Å². The number of hydrogen-bond donors (Lipinski definition) is 0. The standard InChI is InChI=1S/C10H11Cl2NO/c11-6-9-8(12)4-5-10(13-9)14-7-2-1-3-7/h4-5,7H,1-3,6H2. The number of alkyl halides is 1. The molecule has 1 aromatic heterocycles. The van der Waals surface area contributed by atoms with Crippen LogP contribution in [-0.4, -0.2) is 11.1 Å². The molecular formula is C10H11Cl2NO. The van der Waals surface area contributed by atoms with Gasteiger partial charge in [0.25, 0.3) is 0 Å². The maximum Gasteiger partial charge on any atom is 0.213 e. The summed E-state index contributed by atoms with van der Waals surface area (Å²) in [4.78, 5) is 4.23. The Labute approximate surface area is 93.2 Å². The van der Waals surface area contributed by atoms with E-state index in [9.17, 15) is 0 Å². The smallest absolute Gasteiger partial charge is 0.213 e. The van der Waals surface area contributed by atoms with E-state index in [0.717, 1.165) is 12.8 Å². The van der Waals surface area contributed by atoms with Gasteiger partial charge in [-0.2, -0.15) is 0 Å². The van der Waals surface area contributed by atoms with Crippen molar-refractivity contribution >= 4 is 23.2 Å². The van der Waals surface area contributed by atoms with Crippen molar-refractivity contribution in [3.63, 3.8) is 0 Å². The predicted molar refractivity (Wildman–Crippen MR) is 57.1 cm³/mol. The molecule has 1 saturated carbocycles. The first-order valence-electron chi connectivity index (χ1n) is 4.67. The summed E-state index contributed by atoms with van der Waals surface area (Å²) in [5, 5.41) is 0.598. The molecule has 1 aliphatic carbocycles. The quantitative estimate of drug-likeness (QED) is 0.745. The predicted octanol–water partition coefficient (Wildman–Crippen LogP) is 3.41. The molecule has 0 saturated heterocycles. The van der Waals surface area contributed by atoms with Crippen LogP contribution < -0.4 is 4.74 Å². The Morgan fingerprint density at radius 1 is 1.43 bits per heavy atom. The van der Waals surface area contributed by atoms with Gasteiger partial charge in [0.15, 0.2) is 0 Å². The maximum absolute atomic E-state index is 5.88. The van der Waals surface area contributed by atoms with Crippen molar-refractivity contribution in [1.29, 1.82) is 0 Å². The van der Waals surface area contributed by atoms with Crippen LogP contribution in [0.25, 0.3) is 0 Å². The molecule has 4 heteroatoms. The second-order valence-corrected chi connectivity index (χ2v) is 4.06. The summed E-state index contributed by atoms with van der Waals surface area (Å²) in [7, 11) is 0. The maximum atomic E-state index is 5.88. The fourth-order valence-corrected chi connectivity index (χ4v) is 1.73. The van der Waals surface area contributed by atoms with Crippen molar-refractivity contribution in [2.75, 3.05) is 0 Å². The highest BCUT2D eigenvalue weighted by Gasteiger charge is 2.19. The second-order valence-electron chi connectivity index (χ2n) is 3.38. The van der Waals surface area contributed by atoms with Gasteiger partial charge in [-0.25, -0.2) is 4.98 Å². The van der Waals surface area contributed by atoms with Gasteiger partial charge in [-0.15, -0.1) is 11.6 Å². The first kappa shape index (κ1) is 10.1. The van der Waals surface area contributed by atoms with Crippen LogP contribution in [0.15, 0.2) is 12.1 Å². The molecule has 14 heavy (non-hydrogen) atoms. The van der Waals surface area contributed by atoms with Crippen LogP contribution >= 0.6 is 23.2 Å². The SMILES string of the molecule is ClCc1nc(OC2CCC2)ccc1Cl. The Morgan fingerprint density at radius 3 is 2.79 bits per heavy atom. The van der Waals surface area contributed by atoms with Crippen LogP contribution in [0, 0.1) is 0 Å². The third-order valence-corrected chi connectivity index (χ3v) is 2.96. The molecule has 0 radical (unpaired) electrons. The molecule has 1 aromatic rings. The molecular weight excluding hydrogens is 221 g/mol. The molecule has 0 unspecified atom stereocenters. The molecule has 2 nitrogen and oxygen atoms in total. The number of halogens is 2. The highest BCUT2D eigenvalue weighted by atomic mass is 35.5. The van der Waals surface area contributed by atoms with Crippen LogP contribution in [0.4, 0.5) is 0 Å². The largest absolute Gasteiger partial charge is 0.474 e. The summed E-state index contributed by atoms with van der Waals surface area (Å²) in [5.74, 6) is 0.954. The fourth-order valence-electron chi connectivity index (χ4n) is 1.28. The zero-order valence-electron chi connectivity index (χ0n) is 7.67. The first-order chi connectivity index (χ1) is 6.79. The Morgan fingerprint density at radius 2 is 2.21 bits per heavy atom. The summed E-state index contributed by atoms with van der Waals surface area (Å²) >= 11 is 11.6. The summed E-state index contributed by atoms with van der Waals surface area (Å²) in [6, 6.07) is 3.57. The van der Waals surface area contributed by atoms with Crippen LogP contribution in [0.5, 0.6) is 5.88 Å². The van der Waals surface area contributed by atoms with Crippen molar-refractivity contribution in [2.24, 2.45) is 0 Å². The van der Waals surface area contributed by atoms with E-state index in [1.165, 1.54) is 6.42 Å². The molecule has 0 aliphatic heterocycles. The molecule has 2 rings (SSSR count). The molecule has 0 aromatic carbocycles. The zero-order valence-corrected chi connectivity index (χ0v) is 9.18. The second kappa shape index (κ2) is 4.37. The minimum atomic E-state index is 0.320. The third kappa shape index (κ3) is 2.12. The normalized spacial score (nSPS) is 16.4. The van der Waals surface area contributed by atoms with Crippen molar-refractivity contribution in [1.82, 2.24) is 4.98 Å². The Balaban J connectivity index is 2.09. The zero-order chi connectivity index (χ0) is 9.97.